The van der Waals surface area contributed by atoms with Gasteiger partial charge in [-0.3, -0.25) is 4.79 Å². The molecule has 0 unspecified atom stereocenters. The average Bonchev–Trinajstić information content (AvgIpc) is 3.27. The van der Waals surface area contributed by atoms with E-state index in [2.05, 4.69) is 5.10 Å². The van der Waals surface area contributed by atoms with Gasteiger partial charge in [0.15, 0.2) is 6.61 Å². The van der Waals surface area contributed by atoms with E-state index in [1.54, 1.807) is 25.3 Å². The summed E-state index contributed by atoms with van der Waals surface area (Å²) in [5.74, 6) is -1.47. The van der Waals surface area contributed by atoms with Gasteiger partial charge in [0.2, 0.25) is 0 Å². The molecule has 28 heavy (non-hydrogen) atoms. The first-order valence-corrected chi connectivity index (χ1v) is 9.62. The van der Waals surface area contributed by atoms with Crippen molar-refractivity contribution >= 4 is 34.8 Å². The number of benzene rings is 1. The largest absolute Gasteiger partial charge is 0.452 e. The normalized spacial score (nSPS) is 10.7. The number of hydrogen-bond acceptors (Lipinski definition) is 5. The van der Waals surface area contributed by atoms with Crippen LogP contribution < -0.4 is 0 Å². The molecule has 3 rings (SSSR count). The number of thiophene rings is 1. The lowest BCUT2D eigenvalue weighted by molar-refractivity contribution is -0.133. The monoisotopic (exact) mass is 421 g/mol. The van der Waals surface area contributed by atoms with Crippen LogP contribution in [-0.2, 0) is 16.1 Å². The Hall–Kier alpha value is -2.71. The number of carbonyl (C=O) groups excluding carboxylic acids is 2. The highest BCUT2D eigenvalue weighted by Crippen LogP contribution is 2.24. The smallest absolute Gasteiger partial charge is 0.343 e. The Morgan fingerprint density at radius 2 is 2.00 bits per heavy atom. The number of amides is 1. The van der Waals surface area contributed by atoms with Gasteiger partial charge in [0, 0.05) is 13.6 Å². The van der Waals surface area contributed by atoms with E-state index in [0.717, 1.165) is 5.56 Å². The number of carbonyl (C=O) groups is 2. The third-order valence-corrected chi connectivity index (χ3v) is 5.11. The molecule has 2 aromatic heterocycles. The molecule has 0 spiro atoms. The molecule has 1 amide bonds. The molecular formula is C19H17ClFN3O3S. The molecule has 0 aliphatic rings. The molecule has 0 bridgehead atoms. The fourth-order valence-electron chi connectivity index (χ4n) is 2.54. The van der Waals surface area contributed by atoms with Gasteiger partial charge in [-0.1, -0.05) is 11.6 Å². The Balaban J connectivity index is 1.67. The number of likely N-dealkylation sites (N-methyl/N-ethyl adjacent to an activating group) is 1. The van der Waals surface area contributed by atoms with E-state index >= 15 is 0 Å². The molecule has 0 aliphatic heterocycles. The van der Waals surface area contributed by atoms with Crippen molar-refractivity contribution in [2.24, 2.45) is 0 Å². The van der Waals surface area contributed by atoms with Crippen LogP contribution in [0, 0.1) is 12.7 Å². The summed E-state index contributed by atoms with van der Waals surface area (Å²) < 4.78 is 19.6. The highest BCUT2D eigenvalue weighted by atomic mass is 35.5. The minimum absolute atomic E-state index is 0.0354. The molecular weight excluding hydrogens is 405 g/mol. The lowest BCUT2D eigenvalue weighted by Crippen LogP contribution is -2.30. The van der Waals surface area contributed by atoms with Crippen molar-refractivity contribution in [1.82, 2.24) is 14.7 Å². The maximum absolute atomic E-state index is 13.1. The Bertz CT molecular complexity index is 987. The molecule has 0 aliphatic carbocycles. The van der Waals surface area contributed by atoms with Crippen molar-refractivity contribution < 1.29 is 18.7 Å². The number of aromatic nitrogens is 2. The van der Waals surface area contributed by atoms with Crippen LogP contribution in [0.1, 0.15) is 21.6 Å². The van der Waals surface area contributed by atoms with Crippen molar-refractivity contribution in [2.75, 3.05) is 13.7 Å². The van der Waals surface area contributed by atoms with E-state index in [-0.39, 0.29) is 16.6 Å². The summed E-state index contributed by atoms with van der Waals surface area (Å²) in [7, 11) is 1.64. The number of halogens is 2. The summed E-state index contributed by atoms with van der Waals surface area (Å²) in [6.45, 7) is 1.63. The minimum atomic E-state index is -0.742. The second-order valence-corrected chi connectivity index (χ2v) is 7.24. The predicted octanol–water partition coefficient (Wildman–Crippen LogP) is 3.85. The summed E-state index contributed by atoms with van der Waals surface area (Å²) in [5.41, 5.74) is 1.92. The molecule has 146 valence electrons. The van der Waals surface area contributed by atoms with Gasteiger partial charge in [-0.05, 0) is 53.6 Å². The van der Waals surface area contributed by atoms with Crippen LogP contribution in [-0.4, -0.2) is 40.2 Å². The third-order valence-electron chi connectivity index (χ3n) is 4.03. The van der Waals surface area contributed by atoms with Crippen LogP contribution in [0.15, 0.2) is 41.1 Å². The van der Waals surface area contributed by atoms with Crippen molar-refractivity contribution in [3.05, 3.63) is 68.9 Å². The van der Waals surface area contributed by atoms with Crippen LogP contribution in [0.25, 0.3) is 5.69 Å². The van der Waals surface area contributed by atoms with Gasteiger partial charge in [0.05, 0.1) is 11.4 Å². The lowest BCUT2D eigenvalue weighted by Gasteiger charge is -2.16. The number of nitrogens with zero attached hydrogens (tertiary/aromatic N) is 3. The van der Waals surface area contributed by atoms with Gasteiger partial charge in [-0.25, -0.2) is 13.9 Å². The van der Waals surface area contributed by atoms with Gasteiger partial charge in [-0.15, -0.1) is 0 Å². The molecule has 0 saturated heterocycles. The first-order valence-electron chi connectivity index (χ1n) is 8.30. The van der Waals surface area contributed by atoms with Crippen LogP contribution in [0.5, 0.6) is 0 Å². The topological polar surface area (TPSA) is 64.4 Å². The molecule has 0 saturated carbocycles. The SMILES string of the molecule is Cc1nn(-c2ccc(F)cc2)c(Cl)c1C(=O)OCC(=O)N(C)Cc1ccsc1. The number of aryl methyl sites for hydroxylation is 1. The summed E-state index contributed by atoms with van der Waals surface area (Å²) in [4.78, 5) is 26.1. The zero-order chi connectivity index (χ0) is 20.3. The highest BCUT2D eigenvalue weighted by Gasteiger charge is 2.23. The van der Waals surface area contributed by atoms with Crippen molar-refractivity contribution in [3.8, 4) is 5.69 Å². The van der Waals surface area contributed by atoms with Crippen molar-refractivity contribution in [3.63, 3.8) is 0 Å². The van der Waals surface area contributed by atoms with E-state index in [9.17, 15) is 14.0 Å². The Labute approximate surface area is 170 Å². The van der Waals surface area contributed by atoms with Crippen LogP contribution >= 0.6 is 22.9 Å². The minimum Gasteiger partial charge on any atom is -0.452 e. The maximum atomic E-state index is 13.1. The second-order valence-electron chi connectivity index (χ2n) is 6.10. The molecule has 3 aromatic rings. The van der Waals surface area contributed by atoms with Gasteiger partial charge >= 0.3 is 5.97 Å². The van der Waals surface area contributed by atoms with Crippen LogP contribution in [0.3, 0.4) is 0 Å². The second kappa shape index (κ2) is 8.53. The lowest BCUT2D eigenvalue weighted by atomic mass is 10.2. The summed E-state index contributed by atoms with van der Waals surface area (Å²) >= 11 is 7.83. The molecule has 6 nitrogen and oxygen atoms in total. The standard InChI is InChI=1S/C19H17ClFN3O3S/c1-12-17(18(20)24(22-12)15-5-3-14(21)4-6-15)19(26)27-10-16(25)23(2)9-13-7-8-28-11-13/h3-8,11H,9-10H2,1-2H3. The molecule has 0 fully saturated rings. The van der Waals surface area contributed by atoms with Gasteiger partial charge < -0.3 is 9.64 Å². The van der Waals surface area contributed by atoms with Gasteiger partial charge in [0.1, 0.15) is 16.5 Å². The number of hydrogen-bond donors (Lipinski definition) is 0. The quantitative estimate of drug-likeness (QED) is 0.567. The fraction of sp³-hybridized carbons (Fsp3) is 0.211. The molecule has 0 radical (unpaired) electrons. The van der Waals surface area contributed by atoms with E-state index in [4.69, 9.17) is 16.3 Å². The van der Waals surface area contributed by atoms with Gasteiger partial charge in [-0.2, -0.15) is 16.4 Å². The van der Waals surface area contributed by atoms with E-state index in [0.29, 0.717) is 17.9 Å². The third kappa shape index (κ3) is 4.40. The summed E-state index contributed by atoms with van der Waals surface area (Å²) in [6, 6.07) is 7.44. The Morgan fingerprint density at radius 3 is 2.64 bits per heavy atom. The fourth-order valence-corrected chi connectivity index (χ4v) is 3.55. The molecule has 9 heteroatoms. The predicted molar refractivity (Wildman–Crippen MR) is 104 cm³/mol. The molecule has 1 aromatic carbocycles. The van der Waals surface area contributed by atoms with Crippen LogP contribution in [0.4, 0.5) is 4.39 Å². The van der Waals surface area contributed by atoms with Crippen LogP contribution in [0.2, 0.25) is 5.15 Å². The first-order chi connectivity index (χ1) is 13.4. The zero-order valence-electron chi connectivity index (χ0n) is 15.2. The number of rotatable bonds is 6. The van der Waals surface area contributed by atoms with E-state index in [1.165, 1.54) is 33.8 Å². The summed E-state index contributed by atoms with van der Waals surface area (Å²) in [6.07, 6.45) is 0. The highest BCUT2D eigenvalue weighted by molar-refractivity contribution is 7.07. The zero-order valence-corrected chi connectivity index (χ0v) is 16.8. The molecule has 2 heterocycles. The Morgan fingerprint density at radius 1 is 1.29 bits per heavy atom. The Kier molecular flexibility index (Phi) is 6.11. The summed E-state index contributed by atoms with van der Waals surface area (Å²) in [5, 5.41) is 8.12. The first kappa shape index (κ1) is 20.0. The van der Waals surface area contributed by atoms with E-state index < -0.39 is 18.4 Å². The van der Waals surface area contributed by atoms with E-state index in [1.807, 2.05) is 16.8 Å². The molecule has 0 N–H and O–H groups in total. The number of ether oxygens (including phenoxy) is 1. The molecule has 0 atom stereocenters. The van der Waals surface area contributed by atoms with Crippen molar-refractivity contribution in [2.45, 2.75) is 13.5 Å². The average molecular weight is 422 g/mol. The maximum Gasteiger partial charge on any atom is 0.343 e. The number of esters is 1. The van der Waals surface area contributed by atoms with Gasteiger partial charge in [0.25, 0.3) is 5.91 Å². The van der Waals surface area contributed by atoms with Crippen molar-refractivity contribution in [1.29, 1.82) is 0 Å².